The summed E-state index contributed by atoms with van der Waals surface area (Å²) in [7, 11) is 0. The van der Waals surface area contributed by atoms with Crippen molar-refractivity contribution in [3.8, 4) is 6.07 Å². The van der Waals surface area contributed by atoms with Gasteiger partial charge in [-0.05, 0) is 13.3 Å². The van der Waals surface area contributed by atoms with Gasteiger partial charge in [0.05, 0.1) is 5.92 Å². The van der Waals surface area contributed by atoms with Crippen LogP contribution in [0.1, 0.15) is 19.0 Å². The topological polar surface area (TPSA) is 81.9 Å². The maximum atomic E-state index is 11.7. The first-order valence-corrected chi connectivity index (χ1v) is 6.00. The number of carbonyl (C=O) groups excluding carboxylic acids is 1. The molecular formula is C12H15N5O. The number of nitriles is 1. The maximum Gasteiger partial charge on any atom is 0.224 e. The molecule has 6 heteroatoms. The molecule has 0 aliphatic carbocycles. The Kier molecular flexibility index (Phi) is 3.72. The van der Waals surface area contributed by atoms with Crippen molar-refractivity contribution in [3.05, 3.63) is 18.1 Å². The zero-order valence-corrected chi connectivity index (χ0v) is 10.3. The van der Waals surface area contributed by atoms with Crippen LogP contribution in [0.3, 0.4) is 0 Å². The van der Waals surface area contributed by atoms with E-state index in [0.29, 0.717) is 24.6 Å². The third-order valence-electron chi connectivity index (χ3n) is 2.99. The highest BCUT2D eigenvalue weighted by Gasteiger charge is 2.29. The number of rotatable bonds is 3. The van der Waals surface area contributed by atoms with Crippen molar-refractivity contribution in [1.82, 2.24) is 15.3 Å². The molecule has 94 valence electrons. The first kappa shape index (κ1) is 12.3. The first-order chi connectivity index (χ1) is 8.76. The van der Waals surface area contributed by atoms with Crippen molar-refractivity contribution < 1.29 is 4.79 Å². The fourth-order valence-corrected chi connectivity index (χ4v) is 2.13. The molecule has 1 aliphatic rings. The van der Waals surface area contributed by atoms with E-state index in [0.717, 1.165) is 13.0 Å². The Morgan fingerprint density at radius 3 is 3.11 bits per heavy atom. The molecule has 2 rings (SSSR count). The van der Waals surface area contributed by atoms with Crippen LogP contribution in [0.5, 0.6) is 0 Å². The van der Waals surface area contributed by atoms with Crippen LogP contribution >= 0.6 is 0 Å². The molecule has 1 fully saturated rings. The number of anilines is 1. The molecular weight excluding hydrogens is 230 g/mol. The number of aromatic nitrogens is 2. The summed E-state index contributed by atoms with van der Waals surface area (Å²) in [5, 5.41) is 11.8. The summed E-state index contributed by atoms with van der Waals surface area (Å²) in [6.45, 7) is 3.87. The lowest BCUT2D eigenvalue weighted by Crippen LogP contribution is -2.32. The van der Waals surface area contributed by atoms with Gasteiger partial charge in [-0.1, -0.05) is 0 Å². The van der Waals surface area contributed by atoms with E-state index in [1.165, 1.54) is 6.20 Å². The molecule has 1 aromatic rings. The first-order valence-electron chi connectivity index (χ1n) is 6.00. The molecule has 1 aliphatic heterocycles. The maximum absolute atomic E-state index is 11.7. The van der Waals surface area contributed by atoms with Gasteiger partial charge in [0.2, 0.25) is 5.91 Å². The van der Waals surface area contributed by atoms with Gasteiger partial charge in [-0.3, -0.25) is 4.79 Å². The fraction of sp³-hybridized carbons (Fsp3) is 0.500. The second kappa shape index (κ2) is 5.45. The SMILES string of the molecule is CCNC(=O)C1CCN(c2nccnc2C#N)C1. The molecule has 1 atom stereocenters. The smallest absolute Gasteiger partial charge is 0.224 e. The summed E-state index contributed by atoms with van der Waals surface area (Å²) in [6.07, 6.45) is 3.85. The molecule has 0 bridgehead atoms. The van der Waals surface area contributed by atoms with Crippen LogP contribution in [0.25, 0.3) is 0 Å². The average molecular weight is 245 g/mol. The number of hydrogen-bond donors (Lipinski definition) is 1. The lowest BCUT2D eigenvalue weighted by molar-refractivity contribution is -0.124. The van der Waals surface area contributed by atoms with E-state index in [2.05, 4.69) is 15.3 Å². The molecule has 0 spiro atoms. The normalized spacial score (nSPS) is 18.4. The molecule has 0 radical (unpaired) electrons. The van der Waals surface area contributed by atoms with E-state index in [4.69, 9.17) is 5.26 Å². The summed E-state index contributed by atoms with van der Waals surface area (Å²) < 4.78 is 0. The lowest BCUT2D eigenvalue weighted by Gasteiger charge is -2.17. The van der Waals surface area contributed by atoms with Crippen molar-refractivity contribution in [2.24, 2.45) is 5.92 Å². The highest BCUT2D eigenvalue weighted by atomic mass is 16.1. The van der Waals surface area contributed by atoms with Crippen LogP contribution in [0, 0.1) is 17.2 Å². The van der Waals surface area contributed by atoms with Crippen LogP contribution in [0.2, 0.25) is 0 Å². The summed E-state index contributed by atoms with van der Waals surface area (Å²) in [4.78, 5) is 21.9. The minimum Gasteiger partial charge on any atom is -0.356 e. The highest BCUT2D eigenvalue weighted by Crippen LogP contribution is 2.23. The Balaban J connectivity index is 2.09. The monoisotopic (exact) mass is 245 g/mol. The Hall–Kier alpha value is -2.16. The van der Waals surface area contributed by atoms with Crippen LogP contribution in [-0.2, 0) is 4.79 Å². The third kappa shape index (κ3) is 2.40. The molecule has 1 N–H and O–H groups in total. The summed E-state index contributed by atoms with van der Waals surface area (Å²) in [6, 6.07) is 2.03. The van der Waals surface area contributed by atoms with Gasteiger partial charge in [0.15, 0.2) is 11.5 Å². The predicted octanol–water partition coefficient (Wildman–Crippen LogP) is 0.311. The van der Waals surface area contributed by atoms with Gasteiger partial charge >= 0.3 is 0 Å². The average Bonchev–Trinajstić information content (AvgIpc) is 2.88. The molecule has 1 saturated heterocycles. The molecule has 0 saturated carbocycles. The molecule has 2 heterocycles. The van der Waals surface area contributed by atoms with E-state index in [9.17, 15) is 4.79 Å². The standard InChI is InChI=1S/C12H15N5O/c1-2-14-12(18)9-3-6-17(8-9)11-10(7-13)15-4-5-16-11/h4-5,9H,2-3,6,8H2,1H3,(H,14,18). The van der Waals surface area contributed by atoms with E-state index >= 15 is 0 Å². The Morgan fingerprint density at radius 1 is 1.61 bits per heavy atom. The van der Waals surface area contributed by atoms with E-state index in [-0.39, 0.29) is 11.8 Å². The number of amides is 1. The largest absolute Gasteiger partial charge is 0.356 e. The summed E-state index contributed by atoms with van der Waals surface area (Å²) in [5.74, 6) is 0.618. The van der Waals surface area contributed by atoms with Gasteiger partial charge in [0.25, 0.3) is 0 Å². The van der Waals surface area contributed by atoms with Crippen molar-refractivity contribution >= 4 is 11.7 Å². The summed E-state index contributed by atoms with van der Waals surface area (Å²) >= 11 is 0. The second-order valence-corrected chi connectivity index (χ2v) is 4.17. The molecule has 1 aromatic heterocycles. The zero-order chi connectivity index (χ0) is 13.0. The Labute approximate surface area is 106 Å². The molecule has 1 amide bonds. The molecule has 0 aromatic carbocycles. The highest BCUT2D eigenvalue weighted by molar-refractivity contribution is 5.80. The van der Waals surface area contributed by atoms with Crippen LogP contribution < -0.4 is 10.2 Å². The third-order valence-corrected chi connectivity index (χ3v) is 2.99. The summed E-state index contributed by atoms with van der Waals surface area (Å²) in [5.41, 5.74) is 0.314. The fourth-order valence-electron chi connectivity index (χ4n) is 2.13. The van der Waals surface area contributed by atoms with Gasteiger partial charge < -0.3 is 10.2 Å². The van der Waals surface area contributed by atoms with E-state index < -0.39 is 0 Å². The van der Waals surface area contributed by atoms with E-state index in [1.807, 2.05) is 17.9 Å². The van der Waals surface area contributed by atoms with Crippen molar-refractivity contribution in [2.75, 3.05) is 24.5 Å². The Morgan fingerprint density at radius 2 is 2.39 bits per heavy atom. The van der Waals surface area contributed by atoms with Crippen molar-refractivity contribution in [2.45, 2.75) is 13.3 Å². The lowest BCUT2D eigenvalue weighted by atomic mass is 10.1. The van der Waals surface area contributed by atoms with Crippen molar-refractivity contribution in [3.63, 3.8) is 0 Å². The van der Waals surface area contributed by atoms with Gasteiger partial charge in [-0.15, -0.1) is 0 Å². The van der Waals surface area contributed by atoms with E-state index in [1.54, 1.807) is 6.20 Å². The zero-order valence-electron chi connectivity index (χ0n) is 10.3. The number of nitrogens with zero attached hydrogens (tertiary/aromatic N) is 4. The van der Waals surface area contributed by atoms with Gasteiger partial charge in [0.1, 0.15) is 6.07 Å². The van der Waals surface area contributed by atoms with Gasteiger partial charge in [-0.25, -0.2) is 9.97 Å². The Bertz CT molecular complexity index is 482. The minimum absolute atomic E-state index is 0.0292. The molecule has 6 nitrogen and oxygen atoms in total. The van der Waals surface area contributed by atoms with Crippen molar-refractivity contribution in [1.29, 1.82) is 5.26 Å². The second-order valence-electron chi connectivity index (χ2n) is 4.17. The van der Waals surface area contributed by atoms with Crippen LogP contribution in [0.15, 0.2) is 12.4 Å². The van der Waals surface area contributed by atoms with Crippen LogP contribution in [-0.4, -0.2) is 35.5 Å². The number of hydrogen-bond acceptors (Lipinski definition) is 5. The number of carbonyl (C=O) groups is 1. The minimum atomic E-state index is -0.0292. The van der Waals surface area contributed by atoms with Gasteiger partial charge in [-0.2, -0.15) is 5.26 Å². The van der Waals surface area contributed by atoms with Crippen LogP contribution in [0.4, 0.5) is 5.82 Å². The molecule has 18 heavy (non-hydrogen) atoms. The van der Waals surface area contributed by atoms with Gasteiger partial charge in [0, 0.05) is 32.0 Å². The predicted molar refractivity (Wildman–Crippen MR) is 65.8 cm³/mol. The number of nitrogens with one attached hydrogen (secondary N) is 1. The molecule has 1 unspecified atom stereocenters. The quantitative estimate of drug-likeness (QED) is 0.828.